The van der Waals surface area contributed by atoms with E-state index in [9.17, 15) is 30.7 Å². The fourth-order valence-electron chi connectivity index (χ4n) is 1.09. The van der Waals surface area contributed by atoms with E-state index in [1.165, 1.54) is 6.07 Å². The monoisotopic (exact) mass is 402 g/mol. The van der Waals surface area contributed by atoms with Crippen LogP contribution in [0, 0.1) is 0 Å². The van der Waals surface area contributed by atoms with Crippen LogP contribution in [0.3, 0.4) is 0 Å². The Bertz CT molecular complexity index is 453. The van der Waals surface area contributed by atoms with E-state index in [4.69, 9.17) is 0 Å². The van der Waals surface area contributed by atoms with E-state index >= 15 is 0 Å². The number of hydrogen-bond donors (Lipinski definition) is 0. The van der Waals surface area contributed by atoms with Crippen LogP contribution >= 0.6 is 31.9 Å². The molecule has 0 atom stereocenters. The first kappa shape index (κ1) is 15.7. The SMILES string of the molecule is FC(F)(F)C(F)(F)C(F)(F)c1cc(Br)ccc1Br. The molecule has 0 saturated heterocycles. The summed E-state index contributed by atoms with van der Waals surface area (Å²) < 4.78 is 87.7. The third-order valence-electron chi connectivity index (χ3n) is 2.02. The van der Waals surface area contributed by atoms with Gasteiger partial charge in [-0.05, 0) is 18.2 Å². The standard InChI is InChI=1S/C9H3Br2F7/c10-4-1-2-6(11)5(3-4)7(12,13)8(14,15)9(16,17)18/h1-3H. The summed E-state index contributed by atoms with van der Waals surface area (Å²) in [6.45, 7) is 0. The summed E-state index contributed by atoms with van der Waals surface area (Å²) in [6.07, 6.45) is -6.35. The van der Waals surface area contributed by atoms with Crippen LogP contribution in [-0.4, -0.2) is 12.1 Å². The molecule has 0 aliphatic carbocycles. The molecular weight excluding hydrogens is 401 g/mol. The fourth-order valence-corrected chi connectivity index (χ4v) is 1.94. The molecular formula is C9H3Br2F7. The van der Waals surface area contributed by atoms with Gasteiger partial charge in [-0.1, -0.05) is 31.9 Å². The highest BCUT2D eigenvalue weighted by Gasteiger charge is 2.73. The third kappa shape index (κ3) is 2.52. The van der Waals surface area contributed by atoms with Crippen LogP contribution < -0.4 is 0 Å². The molecule has 0 saturated carbocycles. The molecule has 0 radical (unpaired) electrons. The van der Waals surface area contributed by atoms with Crippen molar-refractivity contribution in [2.24, 2.45) is 0 Å². The van der Waals surface area contributed by atoms with E-state index in [1.807, 2.05) is 0 Å². The van der Waals surface area contributed by atoms with Crippen molar-refractivity contribution >= 4 is 31.9 Å². The van der Waals surface area contributed by atoms with Gasteiger partial charge in [-0.3, -0.25) is 0 Å². The second-order valence-corrected chi connectivity index (χ2v) is 5.04. The molecule has 0 N–H and O–H groups in total. The van der Waals surface area contributed by atoms with Gasteiger partial charge in [-0.25, -0.2) is 0 Å². The first-order valence-electron chi connectivity index (χ1n) is 4.19. The zero-order valence-corrected chi connectivity index (χ0v) is 11.3. The lowest BCUT2D eigenvalue weighted by molar-refractivity contribution is -0.359. The van der Waals surface area contributed by atoms with E-state index in [0.717, 1.165) is 6.07 Å². The Morgan fingerprint density at radius 1 is 0.833 bits per heavy atom. The molecule has 0 spiro atoms. The summed E-state index contributed by atoms with van der Waals surface area (Å²) in [5, 5.41) is 0. The molecule has 9 heteroatoms. The maximum absolute atomic E-state index is 13.3. The summed E-state index contributed by atoms with van der Waals surface area (Å²) in [4.78, 5) is 0. The van der Waals surface area contributed by atoms with E-state index in [1.54, 1.807) is 0 Å². The highest BCUT2D eigenvalue weighted by Crippen LogP contribution is 2.53. The van der Waals surface area contributed by atoms with Gasteiger partial charge >= 0.3 is 18.0 Å². The smallest absolute Gasteiger partial charge is 0.194 e. The van der Waals surface area contributed by atoms with Gasteiger partial charge in [0.1, 0.15) is 0 Å². The van der Waals surface area contributed by atoms with Crippen LogP contribution in [0.1, 0.15) is 5.56 Å². The predicted octanol–water partition coefficient (Wildman–Crippen LogP) is 5.50. The summed E-state index contributed by atoms with van der Waals surface area (Å²) in [6, 6.07) is 2.67. The molecule has 0 nitrogen and oxygen atoms in total. The van der Waals surface area contributed by atoms with Gasteiger partial charge in [0, 0.05) is 14.5 Å². The number of hydrogen-bond acceptors (Lipinski definition) is 0. The second kappa shape index (κ2) is 4.66. The van der Waals surface area contributed by atoms with Crippen molar-refractivity contribution in [2.45, 2.75) is 18.0 Å². The second-order valence-electron chi connectivity index (χ2n) is 3.27. The first-order chi connectivity index (χ1) is 7.91. The van der Waals surface area contributed by atoms with Gasteiger partial charge in [-0.2, -0.15) is 30.7 Å². The minimum Gasteiger partial charge on any atom is -0.194 e. The zero-order valence-electron chi connectivity index (χ0n) is 8.13. The number of alkyl halides is 7. The number of benzene rings is 1. The lowest BCUT2D eigenvalue weighted by Crippen LogP contribution is -2.50. The Hall–Kier alpha value is -0.310. The minimum absolute atomic E-state index is 0.0432. The van der Waals surface area contributed by atoms with Crippen LogP contribution in [0.5, 0.6) is 0 Å². The van der Waals surface area contributed by atoms with Crippen molar-refractivity contribution in [3.05, 3.63) is 32.7 Å². The van der Waals surface area contributed by atoms with Crippen molar-refractivity contribution < 1.29 is 30.7 Å². The molecule has 0 unspecified atom stereocenters. The van der Waals surface area contributed by atoms with E-state index in [0.29, 0.717) is 6.07 Å². The number of halogens is 9. The van der Waals surface area contributed by atoms with Crippen LogP contribution in [0.2, 0.25) is 0 Å². The lowest BCUT2D eigenvalue weighted by Gasteiger charge is -2.29. The Kier molecular flexibility index (Phi) is 4.08. The van der Waals surface area contributed by atoms with Crippen molar-refractivity contribution in [1.29, 1.82) is 0 Å². The predicted molar refractivity (Wildman–Crippen MR) is 56.7 cm³/mol. The largest absolute Gasteiger partial charge is 0.460 e. The quantitative estimate of drug-likeness (QED) is 0.572. The zero-order chi connectivity index (χ0) is 14.4. The van der Waals surface area contributed by atoms with Gasteiger partial charge in [-0.15, -0.1) is 0 Å². The molecule has 0 aliphatic heterocycles. The Morgan fingerprint density at radius 3 is 1.78 bits per heavy atom. The highest BCUT2D eigenvalue weighted by molar-refractivity contribution is 9.11. The normalized spacial score (nSPS) is 13.8. The molecule has 18 heavy (non-hydrogen) atoms. The topological polar surface area (TPSA) is 0 Å². The third-order valence-corrected chi connectivity index (χ3v) is 3.20. The summed E-state index contributed by atoms with van der Waals surface area (Å²) in [5.41, 5.74) is -1.45. The Labute approximate surface area is 113 Å². The fraction of sp³-hybridized carbons (Fsp3) is 0.333. The van der Waals surface area contributed by atoms with Gasteiger partial charge in [0.2, 0.25) is 0 Å². The van der Waals surface area contributed by atoms with E-state index in [-0.39, 0.29) is 4.47 Å². The van der Waals surface area contributed by atoms with Gasteiger partial charge in [0.05, 0.1) is 0 Å². The summed E-state index contributed by atoms with van der Waals surface area (Å²) >= 11 is 5.25. The summed E-state index contributed by atoms with van der Waals surface area (Å²) in [7, 11) is 0. The molecule has 0 aliphatic rings. The molecule has 0 amide bonds. The Morgan fingerprint density at radius 2 is 1.33 bits per heavy atom. The van der Waals surface area contributed by atoms with Gasteiger partial charge in [0.25, 0.3) is 0 Å². The van der Waals surface area contributed by atoms with E-state index < -0.39 is 28.1 Å². The number of rotatable bonds is 2. The first-order valence-corrected chi connectivity index (χ1v) is 5.77. The molecule has 0 fully saturated rings. The molecule has 1 rings (SSSR count). The van der Waals surface area contributed by atoms with E-state index in [2.05, 4.69) is 31.9 Å². The van der Waals surface area contributed by atoms with Crippen LogP contribution in [-0.2, 0) is 5.92 Å². The lowest BCUT2D eigenvalue weighted by atomic mass is 10.0. The molecule has 102 valence electrons. The van der Waals surface area contributed by atoms with Crippen molar-refractivity contribution in [2.75, 3.05) is 0 Å². The Balaban J connectivity index is 3.42. The highest BCUT2D eigenvalue weighted by atomic mass is 79.9. The maximum Gasteiger partial charge on any atom is 0.460 e. The van der Waals surface area contributed by atoms with Crippen LogP contribution in [0.25, 0.3) is 0 Å². The molecule has 0 aromatic heterocycles. The average molecular weight is 404 g/mol. The molecule has 0 heterocycles. The van der Waals surface area contributed by atoms with Gasteiger partial charge < -0.3 is 0 Å². The van der Waals surface area contributed by atoms with Gasteiger partial charge in [0.15, 0.2) is 0 Å². The molecule has 0 bridgehead atoms. The maximum atomic E-state index is 13.3. The van der Waals surface area contributed by atoms with Crippen molar-refractivity contribution in [1.82, 2.24) is 0 Å². The van der Waals surface area contributed by atoms with Crippen LogP contribution in [0.4, 0.5) is 30.7 Å². The van der Waals surface area contributed by atoms with Crippen molar-refractivity contribution in [3.63, 3.8) is 0 Å². The van der Waals surface area contributed by atoms with Crippen molar-refractivity contribution in [3.8, 4) is 0 Å². The van der Waals surface area contributed by atoms with Crippen LogP contribution in [0.15, 0.2) is 27.1 Å². The average Bonchev–Trinajstić information content (AvgIpc) is 2.19. The summed E-state index contributed by atoms with van der Waals surface area (Å²) in [5.74, 6) is -11.5. The minimum atomic E-state index is -6.35. The molecule has 1 aromatic carbocycles. The molecule has 1 aromatic rings.